The van der Waals surface area contributed by atoms with E-state index in [1.54, 1.807) is 28.0 Å². The van der Waals surface area contributed by atoms with Crippen molar-refractivity contribution in [2.45, 2.75) is 25.3 Å². The molecule has 0 fully saturated rings. The molecule has 1 aliphatic rings. The van der Waals surface area contributed by atoms with Crippen molar-refractivity contribution < 1.29 is 4.39 Å². The molecule has 3 aromatic heterocycles. The van der Waals surface area contributed by atoms with Crippen LogP contribution in [-0.4, -0.2) is 39.3 Å². The number of hydrogen-bond donors (Lipinski definition) is 0. The average Bonchev–Trinajstić information content (AvgIpc) is 3.39. The van der Waals surface area contributed by atoms with Gasteiger partial charge in [0.25, 0.3) is 0 Å². The fourth-order valence-electron chi connectivity index (χ4n) is 3.53. The van der Waals surface area contributed by atoms with Crippen LogP contribution < -0.4 is 0 Å². The van der Waals surface area contributed by atoms with Crippen molar-refractivity contribution in [3.05, 3.63) is 60.3 Å². The Bertz CT molecular complexity index is 1110. The predicted molar refractivity (Wildman–Crippen MR) is 94.6 cm³/mol. The molecule has 9 heteroatoms. The molecule has 1 aliphatic heterocycles. The van der Waals surface area contributed by atoms with Gasteiger partial charge in [-0.2, -0.15) is 14.9 Å². The summed E-state index contributed by atoms with van der Waals surface area (Å²) in [4.78, 5) is 9.07. The molecule has 0 spiro atoms. The maximum absolute atomic E-state index is 13.7. The lowest BCUT2D eigenvalue weighted by Gasteiger charge is -2.22. The average molecular weight is 364 g/mol. The van der Waals surface area contributed by atoms with Crippen molar-refractivity contribution >= 4 is 0 Å². The SMILES string of the molecule is Cn1nccc1-n1nc(-c2cccc(F)c2)nc1C1CCc2ncnn2C1. The van der Waals surface area contributed by atoms with Gasteiger partial charge in [0.1, 0.15) is 23.8 Å². The van der Waals surface area contributed by atoms with Crippen molar-refractivity contribution in [3.8, 4) is 17.2 Å². The quantitative estimate of drug-likeness (QED) is 0.556. The number of nitrogens with zero attached hydrogens (tertiary/aromatic N) is 8. The molecule has 1 aromatic carbocycles. The molecule has 4 heterocycles. The molecule has 27 heavy (non-hydrogen) atoms. The summed E-state index contributed by atoms with van der Waals surface area (Å²) < 4.78 is 19.2. The second-order valence-electron chi connectivity index (χ2n) is 6.62. The van der Waals surface area contributed by atoms with Gasteiger partial charge >= 0.3 is 0 Å². The zero-order valence-electron chi connectivity index (χ0n) is 14.7. The van der Waals surface area contributed by atoms with Crippen LogP contribution in [0.15, 0.2) is 42.9 Å². The Kier molecular flexibility index (Phi) is 3.59. The normalized spacial score (nSPS) is 16.4. The summed E-state index contributed by atoms with van der Waals surface area (Å²) in [6.45, 7) is 0.689. The lowest BCUT2D eigenvalue weighted by atomic mass is 9.99. The monoisotopic (exact) mass is 364 g/mol. The summed E-state index contributed by atoms with van der Waals surface area (Å²) in [5, 5.41) is 13.2. The summed E-state index contributed by atoms with van der Waals surface area (Å²) in [5.74, 6) is 2.93. The molecule has 0 N–H and O–H groups in total. The minimum atomic E-state index is -0.309. The molecule has 1 unspecified atom stereocenters. The third kappa shape index (κ3) is 2.71. The highest BCUT2D eigenvalue weighted by Crippen LogP contribution is 2.30. The molecular formula is C18H17FN8. The van der Waals surface area contributed by atoms with Gasteiger partial charge in [-0.25, -0.2) is 19.0 Å². The van der Waals surface area contributed by atoms with Gasteiger partial charge in [0, 0.05) is 31.0 Å². The molecule has 0 radical (unpaired) electrons. The van der Waals surface area contributed by atoms with E-state index < -0.39 is 0 Å². The van der Waals surface area contributed by atoms with Crippen molar-refractivity contribution in [1.82, 2.24) is 39.3 Å². The Morgan fingerprint density at radius 1 is 1.19 bits per heavy atom. The standard InChI is InChI=1S/C18H17FN8/c1-25-16(7-8-21-25)27-18(13-5-6-15-20-11-22-26(15)10-13)23-17(24-27)12-3-2-4-14(19)9-12/h2-4,7-9,11,13H,5-6,10H2,1H3. The van der Waals surface area contributed by atoms with Crippen LogP contribution >= 0.6 is 0 Å². The van der Waals surface area contributed by atoms with Gasteiger partial charge < -0.3 is 0 Å². The van der Waals surface area contributed by atoms with E-state index in [-0.39, 0.29) is 11.7 Å². The van der Waals surface area contributed by atoms with E-state index in [4.69, 9.17) is 4.98 Å². The van der Waals surface area contributed by atoms with Crippen LogP contribution in [0.4, 0.5) is 4.39 Å². The molecule has 5 rings (SSSR count). The summed E-state index contributed by atoms with van der Waals surface area (Å²) in [6, 6.07) is 8.22. The van der Waals surface area contributed by atoms with Gasteiger partial charge in [-0.05, 0) is 18.6 Å². The fraction of sp³-hybridized carbons (Fsp3) is 0.278. The number of halogens is 1. The van der Waals surface area contributed by atoms with Crippen LogP contribution in [0.3, 0.4) is 0 Å². The van der Waals surface area contributed by atoms with Gasteiger partial charge in [0.05, 0.1) is 12.7 Å². The Morgan fingerprint density at radius 3 is 2.93 bits per heavy atom. The van der Waals surface area contributed by atoms with E-state index in [0.29, 0.717) is 17.9 Å². The van der Waals surface area contributed by atoms with Crippen molar-refractivity contribution in [3.63, 3.8) is 0 Å². The zero-order chi connectivity index (χ0) is 18.4. The van der Waals surface area contributed by atoms with Crippen LogP contribution in [0.5, 0.6) is 0 Å². The Morgan fingerprint density at radius 2 is 2.11 bits per heavy atom. The van der Waals surface area contributed by atoms with Crippen LogP contribution in [0.2, 0.25) is 0 Å². The summed E-state index contributed by atoms with van der Waals surface area (Å²) in [5.41, 5.74) is 0.648. The molecule has 136 valence electrons. The third-order valence-electron chi connectivity index (χ3n) is 4.90. The fourth-order valence-corrected chi connectivity index (χ4v) is 3.53. The number of rotatable bonds is 3. The minimum Gasteiger partial charge on any atom is -0.251 e. The molecule has 0 amide bonds. The molecule has 0 aliphatic carbocycles. The first-order valence-electron chi connectivity index (χ1n) is 8.77. The van der Waals surface area contributed by atoms with Crippen molar-refractivity contribution in [2.24, 2.45) is 7.05 Å². The minimum absolute atomic E-state index is 0.129. The number of aryl methyl sites for hydroxylation is 2. The molecule has 8 nitrogen and oxygen atoms in total. The summed E-state index contributed by atoms with van der Waals surface area (Å²) in [7, 11) is 1.86. The van der Waals surface area contributed by atoms with E-state index in [0.717, 1.165) is 30.3 Å². The second-order valence-corrected chi connectivity index (χ2v) is 6.62. The lowest BCUT2D eigenvalue weighted by Crippen LogP contribution is -2.23. The van der Waals surface area contributed by atoms with Crippen molar-refractivity contribution in [1.29, 1.82) is 0 Å². The number of fused-ring (bicyclic) bond motifs is 1. The van der Waals surface area contributed by atoms with Crippen LogP contribution in [-0.2, 0) is 20.0 Å². The molecule has 4 aromatic rings. The highest BCUT2D eigenvalue weighted by molar-refractivity contribution is 5.55. The van der Waals surface area contributed by atoms with Gasteiger partial charge in [-0.1, -0.05) is 12.1 Å². The molecule has 0 bridgehead atoms. The molecule has 0 saturated heterocycles. The Hall–Kier alpha value is -3.36. The maximum Gasteiger partial charge on any atom is 0.182 e. The summed E-state index contributed by atoms with van der Waals surface area (Å²) >= 11 is 0. The van der Waals surface area contributed by atoms with Crippen molar-refractivity contribution in [2.75, 3.05) is 0 Å². The van der Waals surface area contributed by atoms with E-state index in [1.165, 1.54) is 12.1 Å². The second kappa shape index (κ2) is 6.11. The summed E-state index contributed by atoms with van der Waals surface area (Å²) in [6.07, 6.45) is 5.04. The highest BCUT2D eigenvalue weighted by Gasteiger charge is 2.28. The van der Waals surface area contributed by atoms with Gasteiger partial charge in [-0.15, -0.1) is 5.10 Å². The van der Waals surface area contributed by atoms with Gasteiger partial charge in [0.15, 0.2) is 11.6 Å². The zero-order valence-corrected chi connectivity index (χ0v) is 14.7. The smallest absolute Gasteiger partial charge is 0.182 e. The van der Waals surface area contributed by atoms with E-state index in [1.807, 2.05) is 23.9 Å². The van der Waals surface area contributed by atoms with Crippen LogP contribution in [0.25, 0.3) is 17.2 Å². The molecular weight excluding hydrogens is 347 g/mol. The first kappa shape index (κ1) is 15.9. The Balaban J connectivity index is 1.62. The first-order valence-corrected chi connectivity index (χ1v) is 8.77. The topological polar surface area (TPSA) is 79.2 Å². The maximum atomic E-state index is 13.7. The number of hydrogen-bond acceptors (Lipinski definition) is 5. The highest BCUT2D eigenvalue weighted by atomic mass is 19.1. The van der Waals surface area contributed by atoms with E-state index >= 15 is 0 Å². The van der Waals surface area contributed by atoms with Crippen LogP contribution in [0.1, 0.15) is 24.0 Å². The predicted octanol–water partition coefficient (Wildman–Crippen LogP) is 2.13. The first-order chi connectivity index (χ1) is 13.2. The number of aromatic nitrogens is 8. The van der Waals surface area contributed by atoms with E-state index in [2.05, 4.69) is 20.3 Å². The van der Waals surface area contributed by atoms with Crippen LogP contribution in [0, 0.1) is 5.82 Å². The third-order valence-corrected chi connectivity index (χ3v) is 4.90. The molecule has 0 saturated carbocycles. The Labute approximate surface area is 154 Å². The van der Waals surface area contributed by atoms with Gasteiger partial charge in [0.2, 0.25) is 0 Å². The number of benzene rings is 1. The lowest BCUT2D eigenvalue weighted by molar-refractivity contribution is 0.403. The van der Waals surface area contributed by atoms with Gasteiger partial charge in [-0.3, -0.25) is 4.68 Å². The van der Waals surface area contributed by atoms with E-state index in [9.17, 15) is 4.39 Å². The molecule has 1 atom stereocenters. The largest absolute Gasteiger partial charge is 0.251 e.